The SMILES string of the molecule is CCCN(CCNOC)C(=O)[C@H](CCCC(=O)O)N(C)C(=O)c1ccccc1. The highest BCUT2D eigenvalue weighted by Crippen LogP contribution is 2.15. The highest BCUT2D eigenvalue weighted by molar-refractivity contribution is 5.97. The maximum atomic E-state index is 13.2. The van der Waals surface area contributed by atoms with Crippen LogP contribution in [-0.4, -0.2) is 72.5 Å². The van der Waals surface area contributed by atoms with Crippen LogP contribution in [0, 0.1) is 0 Å². The van der Waals surface area contributed by atoms with Gasteiger partial charge in [-0.05, 0) is 31.4 Å². The molecular weight excluding hydrogens is 362 g/mol. The van der Waals surface area contributed by atoms with E-state index in [1.54, 1.807) is 36.2 Å². The maximum absolute atomic E-state index is 13.2. The van der Waals surface area contributed by atoms with E-state index in [9.17, 15) is 14.4 Å². The first kappa shape index (κ1) is 23.6. The van der Waals surface area contributed by atoms with E-state index in [2.05, 4.69) is 5.48 Å². The molecule has 0 heterocycles. The Morgan fingerprint density at radius 1 is 1.18 bits per heavy atom. The van der Waals surface area contributed by atoms with Gasteiger partial charge in [-0.3, -0.25) is 14.4 Å². The largest absolute Gasteiger partial charge is 0.481 e. The number of nitrogens with zero attached hydrogens (tertiary/aromatic N) is 2. The summed E-state index contributed by atoms with van der Waals surface area (Å²) in [4.78, 5) is 44.9. The van der Waals surface area contributed by atoms with Crippen molar-refractivity contribution in [3.05, 3.63) is 35.9 Å². The predicted molar refractivity (Wildman–Crippen MR) is 106 cm³/mol. The highest BCUT2D eigenvalue weighted by atomic mass is 16.6. The molecule has 1 rings (SSSR count). The molecule has 0 bridgehead atoms. The zero-order valence-corrected chi connectivity index (χ0v) is 16.9. The van der Waals surface area contributed by atoms with Crippen molar-refractivity contribution in [1.29, 1.82) is 0 Å². The second-order valence-electron chi connectivity index (χ2n) is 6.51. The Kier molecular flexibility index (Phi) is 10.8. The first-order chi connectivity index (χ1) is 13.4. The van der Waals surface area contributed by atoms with Crippen molar-refractivity contribution < 1.29 is 24.3 Å². The molecule has 1 atom stereocenters. The van der Waals surface area contributed by atoms with Gasteiger partial charge in [0.25, 0.3) is 5.91 Å². The van der Waals surface area contributed by atoms with Gasteiger partial charge in [0.15, 0.2) is 0 Å². The Hall–Kier alpha value is -2.45. The van der Waals surface area contributed by atoms with Crippen LogP contribution in [0.15, 0.2) is 30.3 Å². The van der Waals surface area contributed by atoms with Crippen molar-refractivity contribution in [2.24, 2.45) is 0 Å². The normalized spacial score (nSPS) is 11.7. The number of carboxylic acids is 1. The molecule has 0 fully saturated rings. The van der Waals surface area contributed by atoms with Gasteiger partial charge in [-0.25, -0.2) is 5.48 Å². The molecule has 0 saturated heterocycles. The van der Waals surface area contributed by atoms with Gasteiger partial charge in [0.2, 0.25) is 5.91 Å². The van der Waals surface area contributed by atoms with Crippen LogP contribution in [0.1, 0.15) is 43.0 Å². The number of carboxylic acid groups (broad SMARTS) is 1. The lowest BCUT2D eigenvalue weighted by Crippen LogP contribution is -2.51. The number of nitrogens with one attached hydrogen (secondary N) is 1. The fourth-order valence-electron chi connectivity index (χ4n) is 2.95. The summed E-state index contributed by atoms with van der Waals surface area (Å²) in [7, 11) is 3.10. The third-order valence-corrected chi connectivity index (χ3v) is 4.40. The van der Waals surface area contributed by atoms with Crippen LogP contribution < -0.4 is 5.48 Å². The molecule has 2 N–H and O–H groups in total. The Balaban J connectivity index is 2.98. The van der Waals surface area contributed by atoms with E-state index < -0.39 is 12.0 Å². The number of benzene rings is 1. The lowest BCUT2D eigenvalue weighted by atomic mass is 10.0. The van der Waals surface area contributed by atoms with Gasteiger partial charge >= 0.3 is 5.97 Å². The smallest absolute Gasteiger partial charge is 0.303 e. The van der Waals surface area contributed by atoms with Crippen molar-refractivity contribution >= 4 is 17.8 Å². The van der Waals surface area contributed by atoms with Gasteiger partial charge < -0.3 is 19.7 Å². The molecule has 8 heteroatoms. The van der Waals surface area contributed by atoms with E-state index in [0.29, 0.717) is 31.6 Å². The summed E-state index contributed by atoms with van der Waals surface area (Å²) in [5.41, 5.74) is 3.20. The monoisotopic (exact) mass is 393 g/mol. The van der Waals surface area contributed by atoms with Crippen LogP contribution in [0.3, 0.4) is 0 Å². The van der Waals surface area contributed by atoms with Crippen LogP contribution in [-0.2, 0) is 14.4 Å². The second-order valence-corrected chi connectivity index (χ2v) is 6.51. The fourth-order valence-corrected chi connectivity index (χ4v) is 2.95. The van der Waals surface area contributed by atoms with E-state index in [1.165, 1.54) is 12.0 Å². The minimum Gasteiger partial charge on any atom is -0.481 e. The molecule has 156 valence electrons. The quantitative estimate of drug-likeness (QED) is 0.391. The molecule has 8 nitrogen and oxygen atoms in total. The number of amides is 2. The van der Waals surface area contributed by atoms with Gasteiger partial charge in [0.1, 0.15) is 6.04 Å². The van der Waals surface area contributed by atoms with Crippen LogP contribution in [0.4, 0.5) is 0 Å². The molecule has 0 aliphatic rings. The molecule has 28 heavy (non-hydrogen) atoms. The highest BCUT2D eigenvalue weighted by Gasteiger charge is 2.30. The molecule has 0 radical (unpaired) electrons. The summed E-state index contributed by atoms with van der Waals surface area (Å²) in [5, 5.41) is 8.93. The molecular formula is C20H31N3O5. The molecule has 0 saturated carbocycles. The van der Waals surface area contributed by atoms with Gasteiger partial charge in [0.05, 0.1) is 7.11 Å². The molecule has 1 aromatic rings. The van der Waals surface area contributed by atoms with Crippen molar-refractivity contribution in [3.8, 4) is 0 Å². The third-order valence-electron chi connectivity index (χ3n) is 4.40. The lowest BCUT2D eigenvalue weighted by Gasteiger charge is -2.32. The van der Waals surface area contributed by atoms with Crippen molar-refractivity contribution in [2.75, 3.05) is 33.8 Å². The molecule has 1 aromatic carbocycles. The summed E-state index contributed by atoms with van der Waals surface area (Å²) in [5.74, 6) is -1.37. The fraction of sp³-hybridized carbons (Fsp3) is 0.550. The molecule has 2 amide bonds. The summed E-state index contributed by atoms with van der Waals surface area (Å²) >= 11 is 0. The summed E-state index contributed by atoms with van der Waals surface area (Å²) in [6.07, 6.45) is 1.33. The number of rotatable bonds is 13. The van der Waals surface area contributed by atoms with Crippen LogP contribution in [0.5, 0.6) is 0 Å². The molecule has 0 aromatic heterocycles. The molecule has 0 aliphatic heterocycles. The van der Waals surface area contributed by atoms with E-state index >= 15 is 0 Å². The number of hydrogen-bond donors (Lipinski definition) is 2. The zero-order valence-electron chi connectivity index (χ0n) is 16.9. The van der Waals surface area contributed by atoms with Gasteiger partial charge in [0, 0.05) is 38.7 Å². The van der Waals surface area contributed by atoms with Crippen LogP contribution in [0.25, 0.3) is 0 Å². The Morgan fingerprint density at radius 3 is 2.43 bits per heavy atom. The van der Waals surface area contributed by atoms with Crippen molar-refractivity contribution in [1.82, 2.24) is 15.3 Å². The number of likely N-dealkylation sites (N-methyl/N-ethyl adjacent to an activating group) is 1. The van der Waals surface area contributed by atoms with Crippen molar-refractivity contribution in [3.63, 3.8) is 0 Å². The molecule has 0 spiro atoms. The van der Waals surface area contributed by atoms with E-state index in [-0.39, 0.29) is 24.7 Å². The predicted octanol–water partition coefficient (Wildman–Crippen LogP) is 1.77. The lowest BCUT2D eigenvalue weighted by molar-refractivity contribution is -0.139. The Bertz CT molecular complexity index is 624. The van der Waals surface area contributed by atoms with E-state index in [0.717, 1.165) is 6.42 Å². The first-order valence-electron chi connectivity index (χ1n) is 9.51. The number of carbonyl (C=O) groups is 3. The summed E-state index contributed by atoms with van der Waals surface area (Å²) in [6.45, 7) is 3.42. The standard InChI is InChI=1S/C20H31N3O5/c1-4-14-23(15-13-21-28-3)20(27)17(11-8-12-18(24)25)22(2)19(26)16-9-6-5-7-10-16/h5-7,9-10,17,21H,4,8,11-15H2,1-3H3,(H,24,25)/t17-/m0/s1. The minimum atomic E-state index is -0.919. The number of hydroxylamine groups is 1. The first-order valence-corrected chi connectivity index (χ1v) is 9.51. The van der Waals surface area contributed by atoms with Crippen LogP contribution in [0.2, 0.25) is 0 Å². The Morgan fingerprint density at radius 2 is 1.86 bits per heavy atom. The van der Waals surface area contributed by atoms with E-state index in [4.69, 9.17) is 9.94 Å². The second kappa shape index (κ2) is 12.9. The summed E-state index contributed by atoms with van der Waals surface area (Å²) < 4.78 is 0. The number of carbonyl (C=O) groups excluding carboxylic acids is 2. The minimum absolute atomic E-state index is 0.0455. The topological polar surface area (TPSA) is 99.2 Å². The Labute approximate surface area is 166 Å². The average molecular weight is 393 g/mol. The average Bonchev–Trinajstić information content (AvgIpc) is 2.69. The molecule has 0 unspecified atom stereocenters. The van der Waals surface area contributed by atoms with Gasteiger partial charge in [-0.1, -0.05) is 25.1 Å². The van der Waals surface area contributed by atoms with E-state index in [1.807, 2.05) is 13.0 Å². The molecule has 0 aliphatic carbocycles. The third kappa shape index (κ3) is 7.66. The maximum Gasteiger partial charge on any atom is 0.303 e. The van der Waals surface area contributed by atoms with Crippen LogP contribution >= 0.6 is 0 Å². The summed E-state index contributed by atoms with van der Waals surface area (Å²) in [6, 6.07) is 8.03. The van der Waals surface area contributed by atoms with Crippen molar-refractivity contribution in [2.45, 2.75) is 38.6 Å². The number of aliphatic carboxylic acids is 1. The number of hydrogen-bond acceptors (Lipinski definition) is 5. The van der Waals surface area contributed by atoms with Gasteiger partial charge in [-0.15, -0.1) is 0 Å². The zero-order chi connectivity index (χ0) is 20.9. The van der Waals surface area contributed by atoms with Gasteiger partial charge in [-0.2, -0.15) is 0 Å².